The second-order valence-electron chi connectivity index (χ2n) is 6.70. The number of urea groups is 1. The van der Waals surface area contributed by atoms with Crippen LogP contribution in [0.5, 0.6) is 5.75 Å². The van der Waals surface area contributed by atoms with Crippen molar-refractivity contribution in [2.75, 3.05) is 12.9 Å². The van der Waals surface area contributed by atoms with Crippen molar-refractivity contribution in [3.8, 4) is 5.75 Å². The van der Waals surface area contributed by atoms with Gasteiger partial charge in [-0.25, -0.2) is 9.78 Å². The van der Waals surface area contributed by atoms with E-state index in [0.717, 1.165) is 11.8 Å². The molecule has 4 rings (SSSR count). The fraction of sp³-hybridized carbons (Fsp3) is 0.200. The van der Waals surface area contributed by atoms with Gasteiger partial charge in [0.2, 0.25) is 5.91 Å². The van der Waals surface area contributed by atoms with Crippen molar-refractivity contribution in [3.05, 3.63) is 54.1 Å². The number of aromatic nitrogens is 1. The summed E-state index contributed by atoms with van der Waals surface area (Å²) >= 11 is 1.07. The summed E-state index contributed by atoms with van der Waals surface area (Å²) < 4.78 is 10.7. The van der Waals surface area contributed by atoms with Crippen LogP contribution in [0, 0.1) is 0 Å². The van der Waals surface area contributed by atoms with E-state index in [2.05, 4.69) is 15.7 Å². The number of imide groups is 1. The van der Waals surface area contributed by atoms with Gasteiger partial charge in [0.05, 0.1) is 12.9 Å². The summed E-state index contributed by atoms with van der Waals surface area (Å²) in [5.74, 6) is -0.577. The number of thioether (sulfide) groups is 1. The summed E-state index contributed by atoms with van der Waals surface area (Å²) in [6.07, 6.45) is 0. The zero-order valence-electron chi connectivity index (χ0n) is 16.2. The first kappa shape index (κ1) is 19.8. The number of para-hydroxylation sites is 2. The zero-order chi connectivity index (χ0) is 21.3. The van der Waals surface area contributed by atoms with Crippen LogP contribution in [-0.4, -0.2) is 40.7 Å². The van der Waals surface area contributed by atoms with Gasteiger partial charge in [0, 0.05) is 0 Å². The van der Waals surface area contributed by atoms with E-state index in [4.69, 9.17) is 9.15 Å². The number of fused-ring (bicyclic) bond motifs is 1. The van der Waals surface area contributed by atoms with Gasteiger partial charge in [0.25, 0.3) is 11.1 Å². The summed E-state index contributed by atoms with van der Waals surface area (Å²) in [5.41, 5.74) is 2.92. The number of amides is 4. The molecule has 2 N–H and O–H groups in total. The van der Waals surface area contributed by atoms with E-state index in [1.165, 1.54) is 7.11 Å². The van der Waals surface area contributed by atoms with Gasteiger partial charge in [-0.1, -0.05) is 36.0 Å². The van der Waals surface area contributed by atoms with Crippen LogP contribution in [0.25, 0.3) is 11.1 Å². The summed E-state index contributed by atoms with van der Waals surface area (Å²) in [6.45, 7) is 1.58. The number of methoxy groups -OCH3 is 1. The quantitative estimate of drug-likeness (QED) is 0.460. The Morgan fingerprint density at radius 2 is 1.97 bits per heavy atom. The molecule has 0 aliphatic carbocycles. The maximum atomic E-state index is 12.9. The van der Waals surface area contributed by atoms with Crippen molar-refractivity contribution in [1.82, 2.24) is 20.7 Å². The summed E-state index contributed by atoms with van der Waals surface area (Å²) in [4.78, 5) is 41.8. The number of ether oxygens (including phenoxy) is 1. The number of oxazole rings is 1. The molecule has 1 fully saturated rings. The van der Waals surface area contributed by atoms with Gasteiger partial charge in [-0.05, 0) is 36.8 Å². The monoisotopic (exact) mass is 426 g/mol. The van der Waals surface area contributed by atoms with Gasteiger partial charge < -0.3 is 14.5 Å². The molecule has 1 aliphatic rings. The lowest BCUT2D eigenvalue weighted by Gasteiger charge is -2.22. The summed E-state index contributed by atoms with van der Waals surface area (Å²) in [6, 6.07) is 13.3. The van der Waals surface area contributed by atoms with Gasteiger partial charge in [-0.2, -0.15) is 5.01 Å². The van der Waals surface area contributed by atoms with E-state index in [1.54, 1.807) is 43.3 Å². The maximum Gasteiger partial charge on any atom is 0.344 e. The molecule has 0 saturated carbocycles. The third-order valence-corrected chi connectivity index (χ3v) is 5.52. The van der Waals surface area contributed by atoms with E-state index >= 15 is 0 Å². The molecule has 1 atom stereocenters. The highest BCUT2D eigenvalue weighted by atomic mass is 32.2. The lowest BCUT2D eigenvalue weighted by molar-refractivity contribution is -0.138. The Morgan fingerprint density at radius 1 is 1.23 bits per heavy atom. The molecule has 1 saturated heterocycles. The first-order valence-electron chi connectivity index (χ1n) is 9.00. The molecule has 10 heteroatoms. The largest absolute Gasteiger partial charge is 0.497 e. The molecule has 1 unspecified atom stereocenters. The van der Waals surface area contributed by atoms with Crippen molar-refractivity contribution in [2.24, 2.45) is 0 Å². The van der Waals surface area contributed by atoms with Gasteiger partial charge in [-0.15, -0.1) is 0 Å². The average molecular weight is 426 g/mol. The van der Waals surface area contributed by atoms with Crippen LogP contribution in [0.2, 0.25) is 0 Å². The minimum Gasteiger partial charge on any atom is -0.497 e. The molecule has 4 amide bonds. The van der Waals surface area contributed by atoms with Crippen molar-refractivity contribution >= 4 is 40.7 Å². The van der Waals surface area contributed by atoms with Crippen LogP contribution in [0.15, 0.2) is 58.2 Å². The highest BCUT2D eigenvalue weighted by Gasteiger charge is 2.50. The molecular formula is C20H18N4O5S. The van der Waals surface area contributed by atoms with Crippen molar-refractivity contribution < 1.29 is 23.5 Å². The second kappa shape index (κ2) is 7.71. The Bertz CT molecular complexity index is 1100. The smallest absolute Gasteiger partial charge is 0.344 e. The summed E-state index contributed by atoms with van der Waals surface area (Å²) in [7, 11) is 1.54. The number of nitrogens with one attached hydrogen (secondary N) is 2. The Labute approximate surface area is 175 Å². The van der Waals surface area contributed by atoms with Crippen LogP contribution >= 0.6 is 11.8 Å². The van der Waals surface area contributed by atoms with Crippen molar-refractivity contribution in [3.63, 3.8) is 0 Å². The number of hydrogen-bond donors (Lipinski definition) is 2. The van der Waals surface area contributed by atoms with E-state index in [1.807, 2.05) is 12.1 Å². The van der Waals surface area contributed by atoms with Gasteiger partial charge in [0.15, 0.2) is 5.58 Å². The maximum absolute atomic E-state index is 12.9. The van der Waals surface area contributed by atoms with Crippen LogP contribution in [0.3, 0.4) is 0 Å². The Hall–Kier alpha value is -3.53. The van der Waals surface area contributed by atoms with Gasteiger partial charge >= 0.3 is 6.03 Å². The van der Waals surface area contributed by atoms with E-state index in [9.17, 15) is 14.4 Å². The second-order valence-corrected chi connectivity index (χ2v) is 7.62. The standard InChI is InChI=1S/C20H18N4O5S/c1-20(12-7-9-13(28-2)10-8-12)17(26)24(18(27)22-20)23-16(25)11-30-19-21-14-5-3-4-6-15(14)29-19/h3-10H,11H2,1-2H3,(H,22,27)(H,23,25). The number of nitrogens with zero attached hydrogens (tertiary/aromatic N) is 2. The zero-order valence-corrected chi connectivity index (χ0v) is 17.0. The molecule has 0 bridgehead atoms. The van der Waals surface area contributed by atoms with Crippen LogP contribution in [0.1, 0.15) is 12.5 Å². The van der Waals surface area contributed by atoms with Gasteiger partial charge in [-0.3, -0.25) is 15.0 Å². The lowest BCUT2D eigenvalue weighted by Crippen LogP contribution is -2.48. The van der Waals surface area contributed by atoms with Crippen LogP contribution < -0.4 is 15.5 Å². The average Bonchev–Trinajstić information content (AvgIpc) is 3.27. The highest BCUT2D eigenvalue weighted by molar-refractivity contribution is 7.99. The number of carbonyl (C=O) groups excluding carboxylic acids is 3. The number of hydrazine groups is 1. The molecule has 9 nitrogen and oxygen atoms in total. The summed E-state index contributed by atoms with van der Waals surface area (Å²) in [5, 5.41) is 3.64. The molecule has 30 heavy (non-hydrogen) atoms. The normalized spacial score (nSPS) is 18.5. The first-order chi connectivity index (χ1) is 14.4. The van der Waals surface area contributed by atoms with E-state index < -0.39 is 23.4 Å². The molecule has 2 aromatic carbocycles. The molecule has 154 valence electrons. The Balaban J connectivity index is 1.41. The molecule has 3 aromatic rings. The third-order valence-electron chi connectivity index (χ3n) is 4.70. The number of carbonyl (C=O) groups is 3. The minimum absolute atomic E-state index is 0.0802. The highest BCUT2D eigenvalue weighted by Crippen LogP contribution is 2.29. The molecule has 0 radical (unpaired) electrons. The Morgan fingerprint density at radius 3 is 2.67 bits per heavy atom. The number of hydrogen-bond acceptors (Lipinski definition) is 7. The lowest BCUT2D eigenvalue weighted by atomic mass is 9.92. The first-order valence-corrected chi connectivity index (χ1v) is 9.98. The van der Waals surface area contributed by atoms with Crippen LogP contribution in [-0.2, 0) is 15.1 Å². The Kier molecular flexibility index (Phi) is 5.08. The molecule has 1 aliphatic heterocycles. The topological polar surface area (TPSA) is 114 Å². The van der Waals surface area contributed by atoms with E-state index in [-0.39, 0.29) is 5.75 Å². The van der Waals surface area contributed by atoms with Crippen molar-refractivity contribution in [1.29, 1.82) is 0 Å². The molecule has 1 aromatic heterocycles. The predicted molar refractivity (Wildman–Crippen MR) is 109 cm³/mol. The molecular weight excluding hydrogens is 408 g/mol. The fourth-order valence-electron chi connectivity index (χ4n) is 3.06. The number of rotatable bonds is 6. The number of benzene rings is 2. The predicted octanol–water partition coefficient (Wildman–Crippen LogP) is 2.43. The minimum atomic E-state index is -1.30. The fourth-order valence-corrected chi connectivity index (χ4v) is 3.69. The molecule has 2 heterocycles. The third kappa shape index (κ3) is 3.57. The van der Waals surface area contributed by atoms with Crippen LogP contribution in [0.4, 0.5) is 4.79 Å². The van der Waals surface area contributed by atoms with Crippen molar-refractivity contribution in [2.45, 2.75) is 17.7 Å². The SMILES string of the molecule is COc1ccc(C2(C)NC(=O)N(NC(=O)CSc3nc4ccccc4o3)C2=O)cc1. The van der Waals surface area contributed by atoms with E-state index in [0.29, 0.717) is 32.6 Å². The van der Waals surface area contributed by atoms with Gasteiger partial charge in [0.1, 0.15) is 16.8 Å². The molecule has 0 spiro atoms.